The van der Waals surface area contributed by atoms with Crippen LogP contribution in [0.5, 0.6) is 11.5 Å². The van der Waals surface area contributed by atoms with Crippen molar-refractivity contribution in [2.75, 3.05) is 0 Å². The van der Waals surface area contributed by atoms with Crippen LogP contribution < -0.4 is 0 Å². The number of halogens is 2. The highest BCUT2D eigenvalue weighted by atomic mass is 79.9. The minimum atomic E-state index is -0.0215. The molecule has 0 unspecified atom stereocenters. The maximum Gasteiger partial charge on any atom is 0.119 e. The summed E-state index contributed by atoms with van der Waals surface area (Å²) in [6.07, 6.45) is 5.55. The largest absolute Gasteiger partial charge is 0.508 e. The van der Waals surface area contributed by atoms with Crippen molar-refractivity contribution < 1.29 is 10.2 Å². The quantitative estimate of drug-likeness (QED) is 0.562. The van der Waals surface area contributed by atoms with E-state index in [1.165, 1.54) is 18.4 Å². The predicted octanol–water partition coefficient (Wildman–Crippen LogP) is 6.10. The van der Waals surface area contributed by atoms with Gasteiger partial charge in [0.2, 0.25) is 0 Å². The van der Waals surface area contributed by atoms with E-state index in [0.29, 0.717) is 23.3 Å². The Bertz CT molecular complexity index is 833. The van der Waals surface area contributed by atoms with Crippen LogP contribution in [0.15, 0.2) is 39.3 Å². The SMILES string of the molecule is C[C@@]12c3c(O)ccc(Br)c3C[C@@H]1CCC[C@H]2Cc1cc(O)ccc1Br. The molecule has 0 bridgehead atoms. The maximum atomic E-state index is 10.7. The molecule has 0 spiro atoms. The highest BCUT2D eigenvalue weighted by molar-refractivity contribution is 9.10. The zero-order valence-corrected chi connectivity index (χ0v) is 17.4. The van der Waals surface area contributed by atoms with Gasteiger partial charge in [0.25, 0.3) is 0 Å². The molecule has 1 fully saturated rings. The summed E-state index contributed by atoms with van der Waals surface area (Å²) in [7, 11) is 0. The van der Waals surface area contributed by atoms with Crippen molar-refractivity contribution >= 4 is 31.9 Å². The highest BCUT2D eigenvalue weighted by Crippen LogP contribution is 2.58. The molecule has 2 aliphatic rings. The smallest absolute Gasteiger partial charge is 0.119 e. The van der Waals surface area contributed by atoms with Crippen LogP contribution in [0.25, 0.3) is 0 Å². The van der Waals surface area contributed by atoms with Gasteiger partial charge in [0.1, 0.15) is 11.5 Å². The van der Waals surface area contributed by atoms with Gasteiger partial charge >= 0.3 is 0 Å². The summed E-state index contributed by atoms with van der Waals surface area (Å²) < 4.78 is 2.17. The van der Waals surface area contributed by atoms with Crippen LogP contribution >= 0.6 is 31.9 Å². The number of hydrogen-bond acceptors (Lipinski definition) is 2. The molecule has 2 aromatic rings. The van der Waals surface area contributed by atoms with Crippen molar-refractivity contribution in [1.29, 1.82) is 0 Å². The minimum absolute atomic E-state index is 0.0215. The third-order valence-electron chi connectivity index (χ3n) is 6.52. The number of hydrogen-bond donors (Lipinski definition) is 2. The zero-order chi connectivity index (χ0) is 17.8. The second kappa shape index (κ2) is 6.31. The van der Waals surface area contributed by atoms with Gasteiger partial charge in [-0.05, 0) is 79.0 Å². The molecule has 0 amide bonds. The predicted molar refractivity (Wildman–Crippen MR) is 107 cm³/mol. The first kappa shape index (κ1) is 17.4. The fraction of sp³-hybridized carbons (Fsp3) is 0.429. The first-order valence-corrected chi connectivity index (χ1v) is 10.5. The second-order valence-electron chi connectivity index (χ2n) is 7.71. The number of rotatable bonds is 2. The van der Waals surface area contributed by atoms with Crippen LogP contribution in [-0.2, 0) is 18.3 Å². The van der Waals surface area contributed by atoms with E-state index in [9.17, 15) is 10.2 Å². The number of fused-ring (bicyclic) bond motifs is 3. The normalized spacial score (nSPS) is 27.8. The van der Waals surface area contributed by atoms with Gasteiger partial charge in [0, 0.05) is 19.9 Å². The minimum Gasteiger partial charge on any atom is -0.508 e. The van der Waals surface area contributed by atoms with E-state index in [4.69, 9.17) is 0 Å². The van der Waals surface area contributed by atoms with Crippen molar-refractivity contribution in [3.05, 3.63) is 56.0 Å². The van der Waals surface area contributed by atoms with E-state index in [-0.39, 0.29) is 5.41 Å². The lowest BCUT2D eigenvalue weighted by Gasteiger charge is -2.45. The Kier molecular flexibility index (Phi) is 4.40. The summed E-state index contributed by atoms with van der Waals surface area (Å²) in [5, 5.41) is 20.6. The van der Waals surface area contributed by atoms with Gasteiger partial charge in [-0.3, -0.25) is 0 Å². The number of phenols is 2. The summed E-state index contributed by atoms with van der Waals surface area (Å²) in [6.45, 7) is 2.34. The van der Waals surface area contributed by atoms with Crippen molar-refractivity contribution in [3.8, 4) is 11.5 Å². The first-order valence-electron chi connectivity index (χ1n) is 8.89. The standard InChI is InChI=1S/C21H22Br2O2/c1-21-13(9-12-10-15(24)5-6-17(12)22)3-2-4-14(21)11-16-18(23)7-8-19(25)20(16)21/h5-8,10,13-14,24-25H,2-4,9,11H2,1H3/t13-,14-,21-/m0/s1. The van der Waals surface area contributed by atoms with Gasteiger partial charge in [-0.15, -0.1) is 0 Å². The molecule has 2 aromatic carbocycles. The lowest BCUT2D eigenvalue weighted by molar-refractivity contribution is 0.134. The summed E-state index contributed by atoms with van der Waals surface area (Å²) >= 11 is 7.33. The molecule has 2 aliphatic carbocycles. The van der Waals surface area contributed by atoms with Crippen molar-refractivity contribution in [1.82, 2.24) is 0 Å². The lowest BCUT2D eigenvalue weighted by Crippen LogP contribution is -2.41. The molecule has 132 valence electrons. The molecule has 0 heterocycles. The third kappa shape index (κ3) is 2.73. The van der Waals surface area contributed by atoms with Crippen LogP contribution in [0, 0.1) is 11.8 Å². The fourth-order valence-corrected chi connectivity index (χ4v) is 6.12. The number of aromatic hydroxyl groups is 2. The van der Waals surface area contributed by atoms with Gasteiger partial charge in [0.05, 0.1) is 0 Å². The Morgan fingerprint density at radius 3 is 2.64 bits per heavy atom. The molecule has 3 atom stereocenters. The molecule has 4 heteroatoms. The highest BCUT2D eigenvalue weighted by Gasteiger charge is 2.51. The van der Waals surface area contributed by atoms with Crippen LogP contribution in [-0.4, -0.2) is 10.2 Å². The molecule has 2 N–H and O–H groups in total. The molecule has 0 saturated heterocycles. The number of benzene rings is 2. The average molecular weight is 466 g/mol. The van der Waals surface area contributed by atoms with Gasteiger partial charge in [0.15, 0.2) is 0 Å². The maximum absolute atomic E-state index is 10.7. The number of phenolic OH excluding ortho intramolecular Hbond substituents is 2. The van der Waals surface area contributed by atoms with Crippen LogP contribution in [0.4, 0.5) is 0 Å². The summed E-state index contributed by atoms with van der Waals surface area (Å²) in [6, 6.07) is 9.30. The van der Waals surface area contributed by atoms with Crippen molar-refractivity contribution in [3.63, 3.8) is 0 Å². The summed E-state index contributed by atoms with van der Waals surface area (Å²) in [4.78, 5) is 0. The molecular weight excluding hydrogens is 444 g/mol. The van der Waals surface area contributed by atoms with E-state index in [0.717, 1.165) is 39.3 Å². The van der Waals surface area contributed by atoms with Gasteiger partial charge < -0.3 is 10.2 Å². The zero-order valence-electron chi connectivity index (χ0n) is 14.2. The molecule has 25 heavy (non-hydrogen) atoms. The van der Waals surface area contributed by atoms with Crippen molar-refractivity contribution in [2.45, 2.75) is 44.4 Å². The van der Waals surface area contributed by atoms with Crippen LogP contribution in [0.2, 0.25) is 0 Å². The first-order chi connectivity index (χ1) is 11.9. The Balaban J connectivity index is 1.78. The van der Waals surface area contributed by atoms with Gasteiger partial charge in [-0.1, -0.05) is 45.2 Å². The molecule has 0 radical (unpaired) electrons. The topological polar surface area (TPSA) is 40.5 Å². The van der Waals surface area contributed by atoms with E-state index in [2.05, 4.69) is 38.8 Å². The van der Waals surface area contributed by atoms with Gasteiger partial charge in [-0.25, -0.2) is 0 Å². The Labute approximate surface area is 165 Å². The third-order valence-corrected chi connectivity index (χ3v) is 8.04. The van der Waals surface area contributed by atoms with E-state index in [1.807, 2.05) is 24.3 Å². The molecule has 1 saturated carbocycles. The fourth-order valence-electron chi connectivity index (χ4n) is 5.22. The second-order valence-corrected chi connectivity index (χ2v) is 9.42. The Morgan fingerprint density at radius 2 is 1.84 bits per heavy atom. The summed E-state index contributed by atoms with van der Waals surface area (Å²) in [5.74, 6) is 1.77. The molecular formula is C21H22Br2O2. The van der Waals surface area contributed by atoms with E-state index >= 15 is 0 Å². The van der Waals surface area contributed by atoms with Gasteiger partial charge in [-0.2, -0.15) is 0 Å². The molecule has 0 aromatic heterocycles. The van der Waals surface area contributed by atoms with E-state index in [1.54, 1.807) is 6.07 Å². The summed E-state index contributed by atoms with van der Waals surface area (Å²) in [5.41, 5.74) is 3.56. The van der Waals surface area contributed by atoms with E-state index < -0.39 is 0 Å². The molecule has 2 nitrogen and oxygen atoms in total. The Morgan fingerprint density at radius 1 is 1.08 bits per heavy atom. The Hall–Kier alpha value is -1.00. The molecule has 0 aliphatic heterocycles. The van der Waals surface area contributed by atoms with Crippen LogP contribution in [0.1, 0.15) is 42.9 Å². The van der Waals surface area contributed by atoms with Crippen molar-refractivity contribution in [2.24, 2.45) is 11.8 Å². The lowest BCUT2D eigenvalue weighted by atomic mass is 9.59. The van der Waals surface area contributed by atoms with Crippen LogP contribution in [0.3, 0.4) is 0 Å². The molecule has 4 rings (SSSR count). The average Bonchev–Trinajstić information content (AvgIpc) is 2.90. The monoisotopic (exact) mass is 464 g/mol.